The maximum absolute atomic E-state index is 12.6. The van der Waals surface area contributed by atoms with Gasteiger partial charge in [-0.2, -0.15) is 0 Å². The van der Waals surface area contributed by atoms with Crippen LogP contribution in [0.1, 0.15) is 24.2 Å². The van der Waals surface area contributed by atoms with E-state index in [9.17, 15) is 9.59 Å². The summed E-state index contributed by atoms with van der Waals surface area (Å²) in [6.07, 6.45) is 1.54. The van der Waals surface area contributed by atoms with Crippen molar-refractivity contribution in [3.05, 3.63) is 52.9 Å². The van der Waals surface area contributed by atoms with Crippen LogP contribution in [0.25, 0.3) is 11.0 Å². The molecule has 0 aliphatic carbocycles. The van der Waals surface area contributed by atoms with Gasteiger partial charge in [-0.1, -0.05) is 20.4 Å². The summed E-state index contributed by atoms with van der Waals surface area (Å²) in [5, 5.41) is 0.698. The van der Waals surface area contributed by atoms with Gasteiger partial charge in [-0.25, -0.2) is 4.79 Å². The monoisotopic (exact) mass is 270 g/mol. The van der Waals surface area contributed by atoms with Crippen LogP contribution in [0, 0.1) is 5.92 Å². The van der Waals surface area contributed by atoms with E-state index in [4.69, 9.17) is 9.15 Å². The van der Waals surface area contributed by atoms with Crippen LogP contribution < -0.4 is 10.4 Å². The quantitative estimate of drug-likeness (QED) is 0.622. The van der Waals surface area contributed by atoms with Crippen LogP contribution in [0.5, 0.6) is 5.75 Å². The molecule has 1 aliphatic heterocycles. The largest absolute Gasteiger partial charge is 0.474 e. The molecule has 1 atom stereocenters. The van der Waals surface area contributed by atoms with Crippen LogP contribution in [0.15, 0.2) is 46.1 Å². The van der Waals surface area contributed by atoms with E-state index < -0.39 is 11.2 Å². The van der Waals surface area contributed by atoms with Crippen LogP contribution in [0.3, 0.4) is 0 Å². The third-order valence-electron chi connectivity index (χ3n) is 3.76. The number of ether oxygens (including phenoxy) is 1. The summed E-state index contributed by atoms with van der Waals surface area (Å²) in [7, 11) is 0. The number of rotatable bonds is 2. The number of ketones is 1. The Morgan fingerprint density at radius 3 is 2.65 bits per heavy atom. The number of hydrogen-bond acceptors (Lipinski definition) is 4. The minimum Gasteiger partial charge on any atom is -0.474 e. The Morgan fingerprint density at radius 2 is 2.00 bits per heavy atom. The summed E-state index contributed by atoms with van der Waals surface area (Å²) in [6.45, 7) is 7.55. The van der Waals surface area contributed by atoms with E-state index in [-0.39, 0.29) is 11.7 Å². The van der Waals surface area contributed by atoms with Gasteiger partial charge in [-0.3, -0.25) is 4.79 Å². The maximum Gasteiger partial charge on any atom is 0.336 e. The summed E-state index contributed by atoms with van der Waals surface area (Å²) < 4.78 is 10.9. The molecule has 4 nitrogen and oxygen atoms in total. The molecule has 2 aromatic rings. The van der Waals surface area contributed by atoms with Gasteiger partial charge in [0.15, 0.2) is 5.60 Å². The van der Waals surface area contributed by atoms with Crippen molar-refractivity contribution in [2.24, 2.45) is 5.92 Å². The van der Waals surface area contributed by atoms with Gasteiger partial charge in [0.2, 0.25) is 5.78 Å². The van der Waals surface area contributed by atoms with Crippen molar-refractivity contribution in [2.75, 3.05) is 0 Å². The van der Waals surface area contributed by atoms with Crippen molar-refractivity contribution in [3.8, 4) is 5.75 Å². The molecular weight excluding hydrogens is 256 g/mol. The lowest BCUT2D eigenvalue weighted by Gasteiger charge is -2.27. The smallest absolute Gasteiger partial charge is 0.336 e. The van der Waals surface area contributed by atoms with E-state index in [0.717, 1.165) is 0 Å². The summed E-state index contributed by atoms with van der Waals surface area (Å²) in [6, 6.07) is 6.26. The molecule has 0 N–H and O–H groups in total. The summed E-state index contributed by atoms with van der Waals surface area (Å²) in [5.41, 5.74) is -0.562. The molecule has 0 radical (unpaired) electrons. The van der Waals surface area contributed by atoms with E-state index in [0.29, 0.717) is 22.3 Å². The zero-order valence-electron chi connectivity index (χ0n) is 11.3. The third kappa shape index (κ3) is 1.54. The molecule has 4 heteroatoms. The lowest BCUT2D eigenvalue weighted by atomic mass is 9.85. The van der Waals surface area contributed by atoms with E-state index in [2.05, 4.69) is 6.58 Å². The fourth-order valence-electron chi connectivity index (χ4n) is 2.55. The minimum atomic E-state index is -1.04. The summed E-state index contributed by atoms with van der Waals surface area (Å²) in [4.78, 5) is 23.9. The van der Waals surface area contributed by atoms with E-state index in [1.165, 1.54) is 6.07 Å². The van der Waals surface area contributed by atoms with Crippen LogP contribution >= 0.6 is 0 Å². The van der Waals surface area contributed by atoms with Crippen LogP contribution in [0.4, 0.5) is 0 Å². The topological polar surface area (TPSA) is 56.5 Å². The highest BCUT2D eigenvalue weighted by Crippen LogP contribution is 2.41. The predicted octanol–water partition coefficient (Wildman–Crippen LogP) is 2.95. The first kappa shape index (κ1) is 12.7. The van der Waals surface area contributed by atoms with Gasteiger partial charge in [0.25, 0.3) is 0 Å². The van der Waals surface area contributed by atoms with Crippen molar-refractivity contribution in [2.45, 2.75) is 19.4 Å². The number of fused-ring (bicyclic) bond motifs is 2. The SMILES string of the molecule is C=CC1(C(C)C)Oc2cc3oc(=O)ccc3cc2C1=O. The normalized spacial score (nSPS) is 21.1. The highest BCUT2D eigenvalue weighted by Gasteiger charge is 2.48. The van der Waals surface area contributed by atoms with Crippen molar-refractivity contribution in [1.82, 2.24) is 0 Å². The fraction of sp³-hybridized carbons (Fsp3) is 0.250. The molecule has 0 saturated carbocycles. The molecule has 0 amide bonds. The second-order valence-corrected chi connectivity index (χ2v) is 5.22. The molecule has 1 unspecified atom stereocenters. The molecule has 2 heterocycles. The lowest BCUT2D eigenvalue weighted by molar-refractivity contribution is 0.0572. The van der Waals surface area contributed by atoms with Gasteiger partial charge in [0, 0.05) is 23.4 Å². The molecule has 0 saturated heterocycles. The molecule has 1 aromatic heterocycles. The number of carbonyl (C=O) groups is 1. The highest BCUT2D eigenvalue weighted by molar-refractivity contribution is 6.11. The third-order valence-corrected chi connectivity index (χ3v) is 3.76. The number of benzene rings is 1. The van der Waals surface area contributed by atoms with Crippen LogP contribution in [0.2, 0.25) is 0 Å². The van der Waals surface area contributed by atoms with Gasteiger partial charge < -0.3 is 9.15 Å². The Bertz CT molecular complexity index is 785. The van der Waals surface area contributed by atoms with Gasteiger partial charge in [-0.15, -0.1) is 0 Å². The zero-order chi connectivity index (χ0) is 14.5. The van der Waals surface area contributed by atoms with E-state index in [1.54, 1.807) is 24.3 Å². The second-order valence-electron chi connectivity index (χ2n) is 5.22. The maximum atomic E-state index is 12.6. The molecule has 0 fully saturated rings. The average molecular weight is 270 g/mol. The van der Waals surface area contributed by atoms with Crippen molar-refractivity contribution >= 4 is 16.8 Å². The van der Waals surface area contributed by atoms with Crippen LogP contribution in [-0.4, -0.2) is 11.4 Å². The molecule has 1 aromatic carbocycles. The molecular formula is C16H14O4. The van der Waals surface area contributed by atoms with E-state index >= 15 is 0 Å². The Hall–Kier alpha value is -2.36. The second kappa shape index (κ2) is 4.07. The summed E-state index contributed by atoms with van der Waals surface area (Å²) >= 11 is 0. The standard InChI is InChI=1S/C16H14O4/c1-4-16(9(2)3)15(18)11-7-10-5-6-14(17)19-12(10)8-13(11)20-16/h4-9H,1H2,2-3H3. The predicted molar refractivity (Wildman–Crippen MR) is 75.2 cm³/mol. The zero-order valence-corrected chi connectivity index (χ0v) is 11.3. The number of hydrogen-bond donors (Lipinski definition) is 0. The minimum absolute atomic E-state index is 0.0463. The van der Waals surface area contributed by atoms with Gasteiger partial charge >= 0.3 is 5.63 Å². The molecule has 20 heavy (non-hydrogen) atoms. The van der Waals surface area contributed by atoms with Crippen LogP contribution in [-0.2, 0) is 0 Å². The number of Topliss-reactive ketones (excluding diaryl/α,β-unsaturated/α-hetero) is 1. The first-order chi connectivity index (χ1) is 9.48. The average Bonchev–Trinajstić information content (AvgIpc) is 2.70. The Morgan fingerprint density at radius 1 is 1.25 bits per heavy atom. The van der Waals surface area contributed by atoms with Crippen molar-refractivity contribution in [3.63, 3.8) is 0 Å². The van der Waals surface area contributed by atoms with Gasteiger partial charge in [0.1, 0.15) is 11.3 Å². The molecule has 3 rings (SSSR count). The Kier molecular flexibility index (Phi) is 2.57. The molecule has 0 bridgehead atoms. The Balaban J connectivity index is 2.25. The Labute approximate surface area is 115 Å². The van der Waals surface area contributed by atoms with E-state index in [1.807, 2.05) is 13.8 Å². The fourth-order valence-corrected chi connectivity index (χ4v) is 2.55. The molecule has 102 valence electrons. The van der Waals surface area contributed by atoms with Crippen molar-refractivity contribution < 1.29 is 13.9 Å². The molecule has 1 aliphatic rings. The van der Waals surface area contributed by atoms with Gasteiger partial charge in [-0.05, 0) is 18.2 Å². The summed E-state index contributed by atoms with van der Waals surface area (Å²) in [5.74, 6) is 0.283. The first-order valence-electron chi connectivity index (χ1n) is 6.43. The lowest BCUT2D eigenvalue weighted by Crippen LogP contribution is -2.43. The highest BCUT2D eigenvalue weighted by atomic mass is 16.5. The molecule has 0 spiro atoms. The number of carbonyl (C=O) groups excluding carboxylic acids is 1. The van der Waals surface area contributed by atoms with Gasteiger partial charge in [0.05, 0.1) is 5.56 Å². The first-order valence-corrected chi connectivity index (χ1v) is 6.43. The van der Waals surface area contributed by atoms with Crippen molar-refractivity contribution in [1.29, 1.82) is 0 Å².